The average Bonchev–Trinajstić information content (AvgIpc) is 2.28. The molecule has 1 aromatic rings. The van der Waals surface area contributed by atoms with Crippen LogP contribution in [0.15, 0.2) is 42.5 Å². The molecule has 0 bridgehead atoms. The largest absolute Gasteiger partial charge is 0.419 e. The second-order valence-corrected chi connectivity index (χ2v) is 3.38. The maximum absolute atomic E-state index is 12.1. The maximum Gasteiger partial charge on any atom is 0.419 e. The molecule has 1 rings (SSSR count). The monoisotopic (exact) mass is 244 g/mol. The van der Waals surface area contributed by atoms with Gasteiger partial charge in [0.2, 0.25) is 0 Å². The third-order valence-corrected chi connectivity index (χ3v) is 2.02. The van der Waals surface area contributed by atoms with Crippen LogP contribution in [0.5, 0.6) is 0 Å². The van der Waals surface area contributed by atoms with Crippen LogP contribution in [0.1, 0.15) is 5.56 Å². The van der Waals surface area contributed by atoms with Gasteiger partial charge in [-0.15, -0.1) is 0 Å². The van der Waals surface area contributed by atoms with E-state index in [9.17, 15) is 18.0 Å². The van der Waals surface area contributed by atoms with Crippen LogP contribution in [0.4, 0.5) is 13.2 Å². The summed E-state index contributed by atoms with van der Waals surface area (Å²) < 4.78 is 41.1. The minimum atomic E-state index is -4.69. The molecule has 0 saturated carbocycles. The number of Topliss-reactive ketones (excluding diaryl/α,β-unsaturated/α-hetero) is 1. The Balaban J connectivity index is 2.38. The van der Waals surface area contributed by atoms with Crippen LogP contribution in [0.2, 0.25) is 0 Å². The van der Waals surface area contributed by atoms with Gasteiger partial charge < -0.3 is 4.74 Å². The Morgan fingerprint density at radius 2 is 1.82 bits per heavy atom. The fourth-order valence-electron chi connectivity index (χ4n) is 1.08. The summed E-state index contributed by atoms with van der Waals surface area (Å²) in [4.78, 5) is 11.0. The van der Waals surface area contributed by atoms with E-state index in [0.717, 1.165) is 5.56 Å². The average molecular weight is 244 g/mol. The number of benzene rings is 1. The first kappa shape index (κ1) is 13.4. The van der Waals surface area contributed by atoms with Crippen LogP contribution in [0, 0.1) is 0 Å². The van der Waals surface area contributed by atoms with Crippen molar-refractivity contribution in [3.8, 4) is 0 Å². The molecular weight excluding hydrogens is 233 g/mol. The van der Waals surface area contributed by atoms with Crippen molar-refractivity contribution in [2.24, 2.45) is 0 Å². The molecule has 0 amide bonds. The molecule has 0 unspecified atom stereocenters. The highest BCUT2D eigenvalue weighted by molar-refractivity contribution is 5.96. The van der Waals surface area contributed by atoms with Gasteiger partial charge in [-0.2, -0.15) is 13.2 Å². The van der Waals surface area contributed by atoms with E-state index in [1.807, 2.05) is 0 Å². The van der Waals surface area contributed by atoms with Gasteiger partial charge in [0.25, 0.3) is 0 Å². The molecule has 5 heteroatoms. The van der Waals surface area contributed by atoms with Gasteiger partial charge in [-0.05, 0) is 5.56 Å². The van der Waals surface area contributed by atoms with Gasteiger partial charge in [0.15, 0.2) is 5.78 Å². The number of carbonyl (C=O) groups is 1. The van der Waals surface area contributed by atoms with Crippen LogP contribution in [-0.4, -0.2) is 18.6 Å². The SMILES string of the molecule is C=C(C(=O)COCc1ccccc1)C(F)(F)F. The van der Waals surface area contributed by atoms with Gasteiger partial charge in [-0.25, -0.2) is 0 Å². The Bertz CT molecular complexity index is 396. The molecule has 2 nitrogen and oxygen atoms in total. The summed E-state index contributed by atoms with van der Waals surface area (Å²) in [5.74, 6) is -1.14. The summed E-state index contributed by atoms with van der Waals surface area (Å²) in [6, 6.07) is 8.86. The van der Waals surface area contributed by atoms with E-state index in [4.69, 9.17) is 4.74 Å². The molecule has 0 heterocycles. The fraction of sp³-hybridized carbons (Fsp3) is 0.250. The van der Waals surface area contributed by atoms with E-state index in [-0.39, 0.29) is 6.61 Å². The van der Waals surface area contributed by atoms with Crippen LogP contribution in [0.25, 0.3) is 0 Å². The van der Waals surface area contributed by atoms with Crippen molar-refractivity contribution >= 4 is 5.78 Å². The van der Waals surface area contributed by atoms with E-state index in [1.54, 1.807) is 30.3 Å². The van der Waals surface area contributed by atoms with E-state index in [1.165, 1.54) is 0 Å². The standard InChI is InChI=1S/C12H11F3O2/c1-9(12(13,14)15)11(16)8-17-7-10-5-3-2-4-6-10/h2-6H,1,7-8H2. The van der Waals surface area contributed by atoms with Crippen molar-refractivity contribution in [2.75, 3.05) is 6.61 Å². The van der Waals surface area contributed by atoms with Crippen molar-refractivity contribution in [2.45, 2.75) is 12.8 Å². The maximum atomic E-state index is 12.1. The highest BCUT2D eigenvalue weighted by atomic mass is 19.4. The smallest absolute Gasteiger partial charge is 0.369 e. The first-order chi connectivity index (χ1) is 7.91. The second-order valence-electron chi connectivity index (χ2n) is 3.38. The Hall–Kier alpha value is -1.62. The van der Waals surface area contributed by atoms with E-state index in [0.29, 0.717) is 0 Å². The van der Waals surface area contributed by atoms with Crippen molar-refractivity contribution in [1.29, 1.82) is 0 Å². The molecule has 0 atom stereocenters. The van der Waals surface area contributed by atoms with Crippen LogP contribution in [-0.2, 0) is 16.1 Å². The summed E-state index contributed by atoms with van der Waals surface area (Å²) in [5.41, 5.74) is -0.594. The zero-order valence-electron chi connectivity index (χ0n) is 8.96. The number of rotatable bonds is 5. The van der Waals surface area contributed by atoms with Crippen LogP contribution >= 0.6 is 0 Å². The minimum absolute atomic E-state index is 0.0950. The fourth-order valence-corrected chi connectivity index (χ4v) is 1.08. The molecule has 0 aliphatic heterocycles. The molecule has 0 aromatic heterocycles. The number of ketones is 1. The van der Waals surface area contributed by atoms with Crippen LogP contribution in [0.3, 0.4) is 0 Å². The Morgan fingerprint density at radius 3 is 2.35 bits per heavy atom. The van der Waals surface area contributed by atoms with Crippen molar-refractivity contribution in [3.63, 3.8) is 0 Å². The Morgan fingerprint density at radius 1 is 1.24 bits per heavy atom. The molecule has 0 radical (unpaired) electrons. The van der Waals surface area contributed by atoms with Gasteiger partial charge in [0, 0.05) is 0 Å². The molecule has 1 aromatic carbocycles. The normalized spacial score (nSPS) is 11.2. The molecule has 92 valence electrons. The van der Waals surface area contributed by atoms with Crippen molar-refractivity contribution < 1.29 is 22.7 Å². The number of hydrogen-bond acceptors (Lipinski definition) is 2. The van der Waals surface area contributed by atoms with Gasteiger partial charge in [0.05, 0.1) is 12.2 Å². The minimum Gasteiger partial charge on any atom is -0.369 e. The molecule has 0 aliphatic carbocycles. The highest BCUT2D eigenvalue weighted by Gasteiger charge is 2.36. The van der Waals surface area contributed by atoms with Gasteiger partial charge >= 0.3 is 6.18 Å². The first-order valence-electron chi connectivity index (χ1n) is 4.82. The lowest BCUT2D eigenvalue weighted by molar-refractivity contribution is -0.132. The molecular formula is C12H11F3O2. The summed E-state index contributed by atoms with van der Waals surface area (Å²) >= 11 is 0. The van der Waals surface area contributed by atoms with Gasteiger partial charge in [0.1, 0.15) is 6.61 Å². The predicted molar refractivity (Wildman–Crippen MR) is 56.3 cm³/mol. The number of hydrogen-bond donors (Lipinski definition) is 0. The molecule has 17 heavy (non-hydrogen) atoms. The summed E-state index contributed by atoms with van der Waals surface area (Å²) in [6.45, 7) is 2.17. The van der Waals surface area contributed by atoms with Crippen LogP contribution < -0.4 is 0 Å². The Labute approximate surface area is 96.7 Å². The molecule has 0 saturated heterocycles. The van der Waals surface area contributed by atoms with Gasteiger partial charge in [-0.1, -0.05) is 36.9 Å². The lowest BCUT2D eigenvalue weighted by atomic mass is 10.2. The Kier molecular flexibility index (Phi) is 4.45. The van der Waals surface area contributed by atoms with Crippen molar-refractivity contribution in [3.05, 3.63) is 48.0 Å². The molecule has 0 N–H and O–H groups in total. The first-order valence-corrected chi connectivity index (χ1v) is 4.82. The third kappa shape index (κ3) is 4.40. The highest BCUT2D eigenvalue weighted by Crippen LogP contribution is 2.24. The number of ether oxygens (including phenoxy) is 1. The lowest BCUT2D eigenvalue weighted by Crippen LogP contribution is -2.22. The predicted octanol–water partition coefficient (Wildman–Crippen LogP) is 2.89. The summed E-state index contributed by atoms with van der Waals surface area (Å²) in [6.07, 6.45) is -4.69. The summed E-state index contributed by atoms with van der Waals surface area (Å²) in [7, 11) is 0. The summed E-state index contributed by atoms with van der Waals surface area (Å²) in [5, 5.41) is 0. The lowest BCUT2D eigenvalue weighted by Gasteiger charge is -2.09. The quantitative estimate of drug-likeness (QED) is 0.744. The van der Waals surface area contributed by atoms with Crippen molar-refractivity contribution in [1.82, 2.24) is 0 Å². The zero-order valence-corrected chi connectivity index (χ0v) is 8.96. The molecule has 0 aliphatic rings. The third-order valence-electron chi connectivity index (χ3n) is 2.02. The number of carbonyl (C=O) groups excluding carboxylic acids is 1. The topological polar surface area (TPSA) is 26.3 Å². The van der Waals surface area contributed by atoms with E-state index >= 15 is 0 Å². The number of halogens is 3. The molecule has 0 fully saturated rings. The number of alkyl halides is 3. The second kappa shape index (κ2) is 5.63. The van der Waals surface area contributed by atoms with E-state index in [2.05, 4.69) is 6.58 Å². The van der Waals surface area contributed by atoms with Gasteiger partial charge in [-0.3, -0.25) is 4.79 Å². The molecule has 0 spiro atoms. The zero-order chi connectivity index (χ0) is 12.9. The van der Waals surface area contributed by atoms with E-state index < -0.39 is 24.1 Å².